The molecule has 0 aromatic carbocycles. The summed E-state index contributed by atoms with van der Waals surface area (Å²) in [7, 11) is 0. The Bertz CT molecular complexity index is 315. The van der Waals surface area contributed by atoms with Gasteiger partial charge in [-0.1, -0.05) is 0 Å². The monoisotopic (exact) mass is 230 g/mol. The molecule has 0 aliphatic heterocycles. The van der Waals surface area contributed by atoms with Crippen molar-refractivity contribution >= 4 is 17.9 Å². The molecule has 0 fully saturated rings. The Morgan fingerprint density at radius 2 is 1.75 bits per heavy atom. The molecule has 6 nitrogen and oxygen atoms in total. The molecule has 0 rings (SSSR count). The molecular formula is C10H14O6. The third-order valence-corrected chi connectivity index (χ3v) is 1.51. The Labute approximate surface area is 92.5 Å². The normalized spacial score (nSPS) is 11.3. The summed E-state index contributed by atoms with van der Waals surface area (Å²) in [5, 5.41) is 16.9. The molecule has 0 aromatic rings. The van der Waals surface area contributed by atoms with Crippen molar-refractivity contribution in [1.82, 2.24) is 0 Å². The summed E-state index contributed by atoms with van der Waals surface area (Å²) in [5.41, 5.74) is -0.149. The van der Waals surface area contributed by atoms with Gasteiger partial charge >= 0.3 is 17.9 Å². The van der Waals surface area contributed by atoms with Gasteiger partial charge in [-0.3, -0.25) is 4.79 Å². The second kappa shape index (κ2) is 6.60. The van der Waals surface area contributed by atoms with Gasteiger partial charge in [0.05, 0.1) is 6.10 Å². The van der Waals surface area contributed by atoms with Crippen molar-refractivity contribution < 1.29 is 29.3 Å². The van der Waals surface area contributed by atoms with Crippen molar-refractivity contribution in [3.05, 3.63) is 11.6 Å². The van der Waals surface area contributed by atoms with E-state index in [1.54, 1.807) is 13.8 Å². The molecule has 0 unspecified atom stereocenters. The minimum absolute atomic E-state index is 0.149. The number of carboxylic acid groups (broad SMARTS) is 2. The van der Waals surface area contributed by atoms with Gasteiger partial charge in [0.15, 0.2) is 0 Å². The molecule has 0 bridgehead atoms. The smallest absolute Gasteiger partial charge is 0.334 e. The third-order valence-electron chi connectivity index (χ3n) is 1.51. The summed E-state index contributed by atoms with van der Waals surface area (Å²) < 4.78 is 4.78. The number of ether oxygens (including phenoxy) is 1. The van der Waals surface area contributed by atoms with Crippen molar-refractivity contribution in [2.45, 2.75) is 32.8 Å². The number of hydrogen-bond donors (Lipinski definition) is 2. The van der Waals surface area contributed by atoms with E-state index in [0.717, 1.165) is 0 Å². The van der Waals surface area contributed by atoms with Crippen molar-refractivity contribution in [2.24, 2.45) is 0 Å². The van der Waals surface area contributed by atoms with Crippen LogP contribution in [-0.2, 0) is 19.1 Å². The maximum absolute atomic E-state index is 11.4. The zero-order valence-electron chi connectivity index (χ0n) is 9.10. The minimum atomic E-state index is -1.30. The zero-order valence-corrected chi connectivity index (χ0v) is 9.10. The molecule has 0 heterocycles. The highest BCUT2D eigenvalue weighted by Crippen LogP contribution is 2.09. The van der Waals surface area contributed by atoms with Gasteiger partial charge in [-0.05, 0) is 20.3 Å². The first-order chi connectivity index (χ1) is 7.32. The summed E-state index contributed by atoms with van der Waals surface area (Å²) in [5.74, 6) is -3.20. The lowest BCUT2D eigenvalue weighted by molar-refractivity contribution is -0.143. The Morgan fingerprint density at radius 1 is 1.19 bits per heavy atom. The van der Waals surface area contributed by atoms with E-state index in [1.165, 1.54) is 0 Å². The molecule has 0 saturated heterocycles. The predicted molar refractivity (Wildman–Crippen MR) is 53.8 cm³/mol. The first-order valence-corrected chi connectivity index (χ1v) is 4.69. The molecule has 2 N–H and O–H groups in total. The van der Waals surface area contributed by atoms with E-state index in [4.69, 9.17) is 14.9 Å². The molecule has 0 spiro atoms. The van der Waals surface area contributed by atoms with Gasteiger partial charge in [0.2, 0.25) is 0 Å². The quantitative estimate of drug-likeness (QED) is 0.517. The predicted octanol–water partition coefficient (Wildman–Crippen LogP) is 0.814. The lowest BCUT2D eigenvalue weighted by atomic mass is 10.1. The van der Waals surface area contributed by atoms with E-state index >= 15 is 0 Å². The second-order valence-electron chi connectivity index (χ2n) is 3.36. The van der Waals surface area contributed by atoms with Crippen LogP contribution in [0.25, 0.3) is 0 Å². The van der Waals surface area contributed by atoms with Gasteiger partial charge in [-0.2, -0.15) is 0 Å². The molecule has 0 radical (unpaired) electrons. The van der Waals surface area contributed by atoms with E-state index in [9.17, 15) is 14.4 Å². The lowest BCUT2D eigenvalue weighted by Crippen LogP contribution is -2.15. The number of aliphatic carboxylic acids is 2. The summed E-state index contributed by atoms with van der Waals surface area (Å²) in [6.45, 7) is 3.24. The van der Waals surface area contributed by atoms with Crippen LogP contribution in [-0.4, -0.2) is 34.2 Å². The standard InChI is InChI=1S/C10H14O6/c1-6(2)16-10(15)7(5-9(13)14)3-4-8(11)12/h5-6H,3-4H2,1-2H3,(H,11,12)(H,13,14)/b7-5+. The van der Waals surface area contributed by atoms with Gasteiger partial charge in [0, 0.05) is 18.1 Å². The molecule has 0 aromatic heterocycles. The van der Waals surface area contributed by atoms with E-state index < -0.39 is 17.9 Å². The number of carbonyl (C=O) groups is 3. The minimum Gasteiger partial charge on any atom is -0.481 e. The van der Waals surface area contributed by atoms with Crippen LogP contribution in [0.1, 0.15) is 26.7 Å². The van der Waals surface area contributed by atoms with Gasteiger partial charge in [0.25, 0.3) is 0 Å². The van der Waals surface area contributed by atoms with E-state index in [0.29, 0.717) is 6.08 Å². The summed E-state index contributed by atoms with van der Waals surface area (Å²) in [6.07, 6.45) is -0.179. The van der Waals surface area contributed by atoms with Crippen molar-refractivity contribution in [3.8, 4) is 0 Å². The molecule has 0 aliphatic carbocycles. The molecule has 0 amide bonds. The van der Waals surface area contributed by atoms with Crippen LogP contribution >= 0.6 is 0 Å². The largest absolute Gasteiger partial charge is 0.481 e. The first-order valence-electron chi connectivity index (χ1n) is 4.69. The molecule has 90 valence electrons. The SMILES string of the molecule is CC(C)OC(=O)/C(=C/C(=O)O)CCC(=O)O. The fraction of sp³-hybridized carbons (Fsp3) is 0.500. The number of carbonyl (C=O) groups excluding carboxylic acids is 1. The van der Waals surface area contributed by atoms with Gasteiger partial charge in [0.1, 0.15) is 0 Å². The molecule has 0 atom stereocenters. The Morgan fingerprint density at radius 3 is 2.12 bits per heavy atom. The van der Waals surface area contributed by atoms with Crippen LogP contribution in [0, 0.1) is 0 Å². The molecule has 0 aliphatic rings. The van der Waals surface area contributed by atoms with Crippen LogP contribution in [0.5, 0.6) is 0 Å². The van der Waals surface area contributed by atoms with E-state index in [2.05, 4.69) is 0 Å². The number of hydrogen-bond acceptors (Lipinski definition) is 4. The highest BCUT2D eigenvalue weighted by atomic mass is 16.5. The lowest BCUT2D eigenvalue weighted by Gasteiger charge is -2.09. The average Bonchev–Trinajstić information content (AvgIpc) is 2.09. The Balaban J connectivity index is 4.61. The summed E-state index contributed by atoms with van der Waals surface area (Å²) >= 11 is 0. The van der Waals surface area contributed by atoms with Crippen LogP contribution in [0.2, 0.25) is 0 Å². The molecular weight excluding hydrogens is 216 g/mol. The molecule has 0 saturated carbocycles. The van der Waals surface area contributed by atoms with Crippen LogP contribution in [0.4, 0.5) is 0 Å². The van der Waals surface area contributed by atoms with Gasteiger partial charge in [-0.25, -0.2) is 9.59 Å². The maximum atomic E-state index is 11.4. The van der Waals surface area contributed by atoms with Crippen molar-refractivity contribution in [2.75, 3.05) is 0 Å². The fourth-order valence-corrected chi connectivity index (χ4v) is 0.914. The average molecular weight is 230 g/mol. The van der Waals surface area contributed by atoms with Gasteiger partial charge < -0.3 is 14.9 Å². The molecule has 16 heavy (non-hydrogen) atoms. The summed E-state index contributed by atoms with van der Waals surface area (Å²) in [4.78, 5) is 32.1. The van der Waals surface area contributed by atoms with Crippen LogP contribution < -0.4 is 0 Å². The number of esters is 1. The maximum Gasteiger partial charge on any atom is 0.334 e. The van der Waals surface area contributed by atoms with E-state index in [1.807, 2.05) is 0 Å². The van der Waals surface area contributed by atoms with Crippen LogP contribution in [0.3, 0.4) is 0 Å². The second-order valence-corrected chi connectivity index (χ2v) is 3.36. The van der Waals surface area contributed by atoms with Gasteiger partial charge in [-0.15, -0.1) is 0 Å². The highest BCUT2D eigenvalue weighted by molar-refractivity contribution is 5.96. The van der Waals surface area contributed by atoms with Crippen molar-refractivity contribution in [1.29, 1.82) is 0 Å². The zero-order chi connectivity index (χ0) is 12.7. The Kier molecular flexibility index (Phi) is 5.84. The third kappa shape index (κ3) is 6.58. The molecule has 6 heteroatoms. The number of rotatable bonds is 6. The van der Waals surface area contributed by atoms with Crippen LogP contribution in [0.15, 0.2) is 11.6 Å². The van der Waals surface area contributed by atoms with Crippen molar-refractivity contribution in [3.63, 3.8) is 0 Å². The number of carboxylic acids is 2. The summed E-state index contributed by atoms with van der Waals surface area (Å²) in [6, 6.07) is 0. The van der Waals surface area contributed by atoms with E-state index in [-0.39, 0.29) is 24.5 Å². The highest BCUT2D eigenvalue weighted by Gasteiger charge is 2.15. The topological polar surface area (TPSA) is 101 Å². The Hall–Kier alpha value is -1.85. The fourth-order valence-electron chi connectivity index (χ4n) is 0.914. The first kappa shape index (κ1) is 14.2.